The minimum atomic E-state index is 0.119. The van der Waals surface area contributed by atoms with Gasteiger partial charge in [-0.05, 0) is 24.3 Å². The van der Waals surface area contributed by atoms with Gasteiger partial charge < -0.3 is 9.64 Å². The zero-order chi connectivity index (χ0) is 13.0. The lowest BCUT2D eigenvalue weighted by molar-refractivity contribution is 0.0698. The van der Waals surface area contributed by atoms with Crippen LogP contribution in [0.2, 0.25) is 0 Å². The average molecular weight is 332 g/mol. The molecule has 1 aromatic heterocycles. The SMILES string of the molecule is COc1ccsc1C(=O)N(CCBr)C1CCCC1. The first-order valence-electron chi connectivity index (χ1n) is 6.26. The van der Waals surface area contributed by atoms with Gasteiger partial charge in [0, 0.05) is 17.9 Å². The van der Waals surface area contributed by atoms with Crippen LogP contribution in [0.1, 0.15) is 35.4 Å². The molecule has 0 unspecified atom stereocenters. The Morgan fingerprint density at radius 1 is 1.56 bits per heavy atom. The number of hydrogen-bond acceptors (Lipinski definition) is 3. The van der Waals surface area contributed by atoms with E-state index in [0.717, 1.165) is 29.6 Å². The molecule has 0 spiro atoms. The van der Waals surface area contributed by atoms with Crippen molar-refractivity contribution < 1.29 is 9.53 Å². The summed E-state index contributed by atoms with van der Waals surface area (Å²) in [6.45, 7) is 0.768. The number of carbonyl (C=O) groups is 1. The van der Waals surface area contributed by atoms with Gasteiger partial charge in [-0.2, -0.15) is 0 Å². The van der Waals surface area contributed by atoms with Crippen LogP contribution in [0.25, 0.3) is 0 Å². The van der Waals surface area contributed by atoms with E-state index in [2.05, 4.69) is 15.9 Å². The fourth-order valence-corrected chi connectivity index (χ4v) is 3.70. The number of ether oxygens (including phenoxy) is 1. The van der Waals surface area contributed by atoms with Gasteiger partial charge in [0.15, 0.2) is 0 Å². The highest BCUT2D eigenvalue weighted by molar-refractivity contribution is 9.09. The van der Waals surface area contributed by atoms with Gasteiger partial charge in [-0.3, -0.25) is 4.79 Å². The maximum atomic E-state index is 12.6. The molecule has 1 saturated carbocycles. The molecule has 1 aliphatic rings. The molecule has 0 aromatic carbocycles. The Labute approximate surface area is 120 Å². The summed E-state index contributed by atoms with van der Waals surface area (Å²) in [7, 11) is 1.61. The smallest absolute Gasteiger partial charge is 0.268 e. The van der Waals surface area contributed by atoms with Crippen LogP contribution in [-0.4, -0.2) is 35.8 Å². The third-order valence-electron chi connectivity index (χ3n) is 3.40. The second kappa shape index (κ2) is 6.57. The van der Waals surface area contributed by atoms with Crippen molar-refractivity contribution in [3.05, 3.63) is 16.3 Å². The van der Waals surface area contributed by atoms with Gasteiger partial charge >= 0.3 is 0 Å². The number of nitrogens with zero attached hydrogens (tertiary/aromatic N) is 1. The fraction of sp³-hybridized carbons (Fsp3) is 0.615. The first kappa shape index (κ1) is 13.9. The summed E-state index contributed by atoms with van der Waals surface area (Å²) in [5, 5.41) is 2.73. The minimum absolute atomic E-state index is 0.119. The Hall–Kier alpha value is -0.550. The summed E-state index contributed by atoms with van der Waals surface area (Å²) in [5.41, 5.74) is 0. The van der Waals surface area contributed by atoms with E-state index in [4.69, 9.17) is 4.74 Å². The van der Waals surface area contributed by atoms with Gasteiger partial charge in [0.2, 0.25) is 0 Å². The van der Waals surface area contributed by atoms with Crippen LogP contribution in [0.15, 0.2) is 11.4 Å². The zero-order valence-corrected chi connectivity index (χ0v) is 12.9. The van der Waals surface area contributed by atoms with Crippen molar-refractivity contribution in [2.45, 2.75) is 31.7 Å². The van der Waals surface area contributed by atoms with Crippen LogP contribution < -0.4 is 4.74 Å². The van der Waals surface area contributed by atoms with Crippen molar-refractivity contribution >= 4 is 33.2 Å². The summed E-state index contributed by atoms with van der Waals surface area (Å²) >= 11 is 4.91. The fourth-order valence-electron chi connectivity index (χ4n) is 2.50. The number of thiophene rings is 1. The number of methoxy groups -OCH3 is 1. The van der Waals surface area contributed by atoms with E-state index >= 15 is 0 Å². The molecule has 100 valence electrons. The molecule has 0 radical (unpaired) electrons. The number of halogens is 1. The lowest BCUT2D eigenvalue weighted by atomic mass is 10.2. The number of rotatable bonds is 5. The van der Waals surface area contributed by atoms with Gasteiger partial charge in [-0.15, -0.1) is 11.3 Å². The summed E-state index contributed by atoms with van der Waals surface area (Å²) in [6.07, 6.45) is 4.73. The lowest BCUT2D eigenvalue weighted by Crippen LogP contribution is -2.39. The van der Waals surface area contributed by atoms with E-state index < -0.39 is 0 Å². The number of hydrogen-bond donors (Lipinski definition) is 0. The molecule has 0 aliphatic heterocycles. The van der Waals surface area contributed by atoms with Gasteiger partial charge in [0.05, 0.1) is 7.11 Å². The highest BCUT2D eigenvalue weighted by Crippen LogP contribution is 2.30. The Morgan fingerprint density at radius 2 is 2.28 bits per heavy atom. The highest BCUT2D eigenvalue weighted by atomic mass is 79.9. The summed E-state index contributed by atoms with van der Waals surface area (Å²) < 4.78 is 5.25. The first-order chi connectivity index (χ1) is 8.77. The second-order valence-electron chi connectivity index (χ2n) is 4.44. The third-order valence-corrected chi connectivity index (χ3v) is 4.63. The van der Waals surface area contributed by atoms with E-state index in [9.17, 15) is 4.79 Å². The number of amides is 1. The molecule has 2 rings (SSSR count). The zero-order valence-electron chi connectivity index (χ0n) is 10.5. The Bertz CT molecular complexity index is 401. The molecule has 0 N–H and O–H groups in total. The number of alkyl halides is 1. The van der Waals surface area contributed by atoms with Crippen molar-refractivity contribution in [2.24, 2.45) is 0 Å². The van der Waals surface area contributed by atoms with Crippen LogP contribution in [-0.2, 0) is 0 Å². The van der Waals surface area contributed by atoms with Crippen LogP contribution in [0.3, 0.4) is 0 Å². The maximum absolute atomic E-state index is 12.6. The van der Waals surface area contributed by atoms with Crippen molar-refractivity contribution in [1.82, 2.24) is 4.90 Å². The predicted octanol–water partition coefficient (Wildman–Crippen LogP) is 3.54. The molecule has 18 heavy (non-hydrogen) atoms. The molecule has 1 aromatic rings. The van der Waals surface area contributed by atoms with E-state index in [-0.39, 0.29) is 5.91 Å². The van der Waals surface area contributed by atoms with Gasteiger partial charge in [-0.1, -0.05) is 28.8 Å². The molecule has 3 nitrogen and oxygen atoms in total. The molecule has 1 aliphatic carbocycles. The van der Waals surface area contributed by atoms with E-state index in [1.54, 1.807) is 7.11 Å². The molecule has 0 saturated heterocycles. The molecule has 0 atom stereocenters. The first-order valence-corrected chi connectivity index (χ1v) is 8.26. The van der Waals surface area contributed by atoms with Crippen LogP contribution >= 0.6 is 27.3 Å². The Balaban J connectivity index is 2.17. The largest absolute Gasteiger partial charge is 0.495 e. The number of carbonyl (C=O) groups excluding carboxylic acids is 1. The van der Waals surface area contributed by atoms with Crippen molar-refractivity contribution in [3.63, 3.8) is 0 Å². The van der Waals surface area contributed by atoms with Crippen LogP contribution in [0.4, 0.5) is 0 Å². The molecular formula is C13H18BrNO2S. The summed E-state index contributed by atoms with van der Waals surface area (Å²) in [5.74, 6) is 0.816. The molecule has 1 fully saturated rings. The highest BCUT2D eigenvalue weighted by Gasteiger charge is 2.29. The normalized spacial score (nSPS) is 15.9. The van der Waals surface area contributed by atoms with Gasteiger partial charge in [-0.25, -0.2) is 0 Å². The van der Waals surface area contributed by atoms with E-state index in [1.807, 2.05) is 16.3 Å². The molecular weight excluding hydrogens is 314 g/mol. The van der Waals surface area contributed by atoms with Gasteiger partial charge in [0.25, 0.3) is 5.91 Å². The van der Waals surface area contributed by atoms with Gasteiger partial charge in [0.1, 0.15) is 10.6 Å². The average Bonchev–Trinajstić information content (AvgIpc) is 3.05. The Morgan fingerprint density at radius 3 is 2.89 bits per heavy atom. The van der Waals surface area contributed by atoms with Crippen molar-refractivity contribution in [3.8, 4) is 5.75 Å². The second-order valence-corrected chi connectivity index (χ2v) is 6.15. The summed E-state index contributed by atoms with van der Waals surface area (Å²) in [6, 6.07) is 2.26. The third kappa shape index (κ3) is 2.88. The van der Waals surface area contributed by atoms with Crippen LogP contribution in [0, 0.1) is 0 Å². The maximum Gasteiger partial charge on any atom is 0.268 e. The molecule has 5 heteroatoms. The van der Waals surface area contributed by atoms with Crippen LogP contribution in [0.5, 0.6) is 5.75 Å². The minimum Gasteiger partial charge on any atom is -0.495 e. The standard InChI is InChI=1S/C13H18BrNO2S/c1-17-11-6-9-18-12(11)13(16)15(8-7-14)10-4-2-3-5-10/h6,9-10H,2-5,7-8H2,1H3. The monoisotopic (exact) mass is 331 g/mol. The van der Waals surface area contributed by atoms with E-state index in [1.165, 1.54) is 24.2 Å². The van der Waals surface area contributed by atoms with E-state index in [0.29, 0.717) is 11.8 Å². The Kier molecular flexibility index (Phi) is 5.06. The molecule has 1 heterocycles. The quantitative estimate of drug-likeness (QED) is 0.772. The topological polar surface area (TPSA) is 29.5 Å². The molecule has 0 bridgehead atoms. The van der Waals surface area contributed by atoms with Crippen molar-refractivity contribution in [2.75, 3.05) is 19.0 Å². The lowest BCUT2D eigenvalue weighted by Gasteiger charge is -2.28. The predicted molar refractivity (Wildman–Crippen MR) is 78.0 cm³/mol. The van der Waals surface area contributed by atoms with Crippen molar-refractivity contribution in [1.29, 1.82) is 0 Å². The summed E-state index contributed by atoms with van der Waals surface area (Å²) in [4.78, 5) is 15.3. The molecule has 1 amide bonds.